The Labute approximate surface area is 165 Å². The first-order valence-electron chi connectivity index (χ1n) is 8.47. The highest BCUT2D eigenvalue weighted by Crippen LogP contribution is 2.36. The number of hydrogen-bond acceptors (Lipinski definition) is 6. The summed E-state index contributed by atoms with van der Waals surface area (Å²) in [7, 11) is 3.24. The van der Waals surface area contributed by atoms with Crippen molar-refractivity contribution in [3.8, 4) is 39.1 Å². The third kappa shape index (κ3) is 3.22. The second kappa shape index (κ2) is 7.40. The van der Waals surface area contributed by atoms with Crippen LogP contribution < -0.4 is 9.47 Å². The van der Waals surface area contributed by atoms with Gasteiger partial charge in [0.25, 0.3) is 0 Å². The van der Waals surface area contributed by atoms with Gasteiger partial charge in [-0.25, -0.2) is 14.1 Å². The molecule has 0 amide bonds. The number of rotatable bonds is 5. The first-order valence-corrected chi connectivity index (χ1v) is 9.35. The Morgan fingerprint density at radius 3 is 2.54 bits per heavy atom. The fraction of sp³-hybridized carbons (Fsp3) is 0.150. The molecule has 0 spiro atoms. The first kappa shape index (κ1) is 18.1. The number of thiazole rings is 1. The van der Waals surface area contributed by atoms with Crippen molar-refractivity contribution in [2.24, 2.45) is 0 Å². The highest BCUT2D eigenvalue weighted by Gasteiger charge is 2.18. The fourth-order valence-corrected chi connectivity index (χ4v) is 3.73. The molecule has 0 aliphatic rings. The highest BCUT2D eigenvalue weighted by atomic mass is 32.1. The van der Waals surface area contributed by atoms with Crippen molar-refractivity contribution >= 4 is 11.3 Å². The van der Waals surface area contributed by atoms with Crippen LogP contribution in [0.15, 0.2) is 47.8 Å². The zero-order chi connectivity index (χ0) is 19.7. The Morgan fingerprint density at radius 2 is 1.82 bits per heavy atom. The number of aromatic nitrogens is 4. The van der Waals surface area contributed by atoms with Crippen molar-refractivity contribution in [3.63, 3.8) is 0 Å². The van der Waals surface area contributed by atoms with Crippen LogP contribution in [-0.4, -0.2) is 34.2 Å². The van der Waals surface area contributed by atoms with Crippen molar-refractivity contribution < 1.29 is 13.9 Å². The molecule has 4 rings (SSSR count). The Balaban J connectivity index is 1.72. The normalized spacial score (nSPS) is 10.9. The maximum Gasteiger partial charge on any atom is 0.146 e. The SMILES string of the molecule is COc1ccc(OC)c(-c2csc(-c3nnn(-c4ccc(F)cc4)c3C)n2)c1. The summed E-state index contributed by atoms with van der Waals surface area (Å²) < 4.78 is 25.6. The van der Waals surface area contributed by atoms with E-state index in [-0.39, 0.29) is 5.82 Å². The molecular weight excluding hydrogens is 379 g/mol. The summed E-state index contributed by atoms with van der Waals surface area (Å²) >= 11 is 1.47. The molecule has 0 saturated heterocycles. The van der Waals surface area contributed by atoms with Gasteiger partial charge in [-0.1, -0.05) is 5.21 Å². The van der Waals surface area contributed by atoms with E-state index >= 15 is 0 Å². The predicted octanol–water partition coefficient (Wildman–Crippen LogP) is 4.52. The van der Waals surface area contributed by atoms with Crippen LogP contribution in [0, 0.1) is 12.7 Å². The lowest BCUT2D eigenvalue weighted by atomic mass is 10.1. The van der Waals surface area contributed by atoms with Gasteiger partial charge >= 0.3 is 0 Å². The highest BCUT2D eigenvalue weighted by molar-refractivity contribution is 7.13. The van der Waals surface area contributed by atoms with E-state index in [1.807, 2.05) is 30.5 Å². The lowest BCUT2D eigenvalue weighted by Gasteiger charge is -2.08. The van der Waals surface area contributed by atoms with Gasteiger partial charge in [-0.05, 0) is 49.4 Å². The summed E-state index contributed by atoms with van der Waals surface area (Å²) in [6.07, 6.45) is 0. The van der Waals surface area contributed by atoms with E-state index in [0.717, 1.165) is 33.4 Å². The van der Waals surface area contributed by atoms with Gasteiger partial charge in [-0.15, -0.1) is 16.4 Å². The second-order valence-electron chi connectivity index (χ2n) is 6.02. The zero-order valence-electron chi connectivity index (χ0n) is 15.5. The molecule has 28 heavy (non-hydrogen) atoms. The van der Waals surface area contributed by atoms with Crippen molar-refractivity contribution in [1.29, 1.82) is 0 Å². The molecular formula is C20H17FN4O2S. The molecule has 0 saturated carbocycles. The molecule has 0 unspecified atom stereocenters. The van der Waals surface area contributed by atoms with Crippen molar-refractivity contribution in [2.45, 2.75) is 6.92 Å². The Bertz CT molecular complexity index is 1120. The quantitative estimate of drug-likeness (QED) is 0.496. The van der Waals surface area contributed by atoms with Crippen molar-refractivity contribution in [1.82, 2.24) is 20.0 Å². The predicted molar refractivity (Wildman–Crippen MR) is 106 cm³/mol. The molecule has 0 N–H and O–H groups in total. The molecule has 2 heterocycles. The third-order valence-corrected chi connectivity index (χ3v) is 5.20. The van der Waals surface area contributed by atoms with Crippen molar-refractivity contribution in [3.05, 3.63) is 59.4 Å². The van der Waals surface area contributed by atoms with Gasteiger partial charge in [0.1, 0.15) is 28.0 Å². The van der Waals surface area contributed by atoms with E-state index in [1.54, 1.807) is 31.0 Å². The minimum atomic E-state index is -0.293. The van der Waals surface area contributed by atoms with Crippen LogP contribution in [0.5, 0.6) is 11.5 Å². The largest absolute Gasteiger partial charge is 0.497 e. The van der Waals surface area contributed by atoms with E-state index in [2.05, 4.69) is 10.3 Å². The molecule has 0 aliphatic carbocycles. The monoisotopic (exact) mass is 396 g/mol. The van der Waals surface area contributed by atoms with Crippen LogP contribution in [0.3, 0.4) is 0 Å². The van der Waals surface area contributed by atoms with E-state index in [0.29, 0.717) is 11.4 Å². The van der Waals surface area contributed by atoms with Crippen LogP contribution >= 0.6 is 11.3 Å². The number of halogens is 1. The number of methoxy groups -OCH3 is 2. The summed E-state index contributed by atoms with van der Waals surface area (Å²) in [5.41, 5.74) is 3.86. The molecule has 0 atom stereocenters. The molecule has 0 bridgehead atoms. The van der Waals surface area contributed by atoms with Crippen LogP contribution in [0.25, 0.3) is 27.6 Å². The smallest absolute Gasteiger partial charge is 0.146 e. The number of ether oxygens (including phenoxy) is 2. The van der Waals surface area contributed by atoms with Gasteiger partial charge in [0, 0.05) is 10.9 Å². The minimum absolute atomic E-state index is 0.293. The van der Waals surface area contributed by atoms with E-state index in [4.69, 9.17) is 14.5 Å². The third-order valence-electron chi connectivity index (χ3n) is 4.36. The maximum atomic E-state index is 13.2. The molecule has 2 aromatic heterocycles. The molecule has 0 radical (unpaired) electrons. The molecule has 0 aliphatic heterocycles. The lowest BCUT2D eigenvalue weighted by Crippen LogP contribution is -1.99. The first-order chi connectivity index (χ1) is 13.6. The number of hydrogen-bond donors (Lipinski definition) is 0. The van der Waals surface area contributed by atoms with Crippen molar-refractivity contribution in [2.75, 3.05) is 14.2 Å². The Kier molecular flexibility index (Phi) is 4.79. The molecule has 2 aromatic carbocycles. The van der Waals surface area contributed by atoms with Gasteiger partial charge in [-0.2, -0.15) is 0 Å². The summed E-state index contributed by atoms with van der Waals surface area (Å²) in [6.45, 7) is 1.91. The van der Waals surface area contributed by atoms with E-state index < -0.39 is 0 Å². The Morgan fingerprint density at radius 1 is 1.04 bits per heavy atom. The number of benzene rings is 2. The number of nitrogens with zero attached hydrogens (tertiary/aromatic N) is 4. The maximum absolute atomic E-state index is 13.2. The summed E-state index contributed by atoms with van der Waals surface area (Å²) in [6, 6.07) is 11.7. The van der Waals surface area contributed by atoms with E-state index in [1.165, 1.54) is 23.5 Å². The molecule has 142 valence electrons. The fourth-order valence-electron chi connectivity index (χ4n) is 2.87. The van der Waals surface area contributed by atoms with Gasteiger partial charge < -0.3 is 9.47 Å². The topological polar surface area (TPSA) is 62.1 Å². The van der Waals surface area contributed by atoms with Gasteiger partial charge in [0.05, 0.1) is 31.3 Å². The molecule has 4 aromatic rings. The summed E-state index contributed by atoms with van der Waals surface area (Å²) in [5, 5.41) is 11.2. The van der Waals surface area contributed by atoms with Crippen LogP contribution in [0.4, 0.5) is 4.39 Å². The average molecular weight is 396 g/mol. The molecule has 0 fully saturated rings. The summed E-state index contributed by atoms with van der Waals surface area (Å²) in [4.78, 5) is 4.72. The van der Waals surface area contributed by atoms with Crippen LogP contribution in [-0.2, 0) is 0 Å². The Hall–Kier alpha value is -3.26. The standard InChI is InChI=1S/C20H17FN4O2S/c1-12-19(23-24-25(12)14-6-4-13(21)5-7-14)20-22-17(11-28-20)16-10-15(26-2)8-9-18(16)27-3/h4-11H,1-3H3. The minimum Gasteiger partial charge on any atom is -0.497 e. The van der Waals surface area contributed by atoms with Gasteiger partial charge in [0.2, 0.25) is 0 Å². The van der Waals surface area contributed by atoms with Crippen LogP contribution in [0.2, 0.25) is 0 Å². The van der Waals surface area contributed by atoms with Crippen LogP contribution in [0.1, 0.15) is 5.69 Å². The second-order valence-corrected chi connectivity index (χ2v) is 6.87. The van der Waals surface area contributed by atoms with Gasteiger partial charge in [0.15, 0.2) is 0 Å². The zero-order valence-corrected chi connectivity index (χ0v) is 16.3. The average Bonchev–Trinajstić information content (AvgIpc) is 3.35. The summed E-state index contributed by atoms with van der Waals surface area (Å²) in [5.74, 6) is 1.15. The molecule has 6 nitrogen and oxygen atoms in total. The van der Waals surface area contributed by atoms with Gasteiger partial charge in [-0.3, -0.25) is 0 Å². The molecule has 8 heteroatoms. The van der Waals surface area contributed by atoms with E-state index in [9.17, 15) is 4.39 Å². The lowest BCUT2D eigenvalue weighted by molar-refractivity contribution is 0.404.